The fourth-order valence-electron chi connectivity index (χ4n) is 3.64. The number of carbonyl (C=O) groups is 4. The van der Waals surface area contributed by atoms with Crippen LogP contribution in [0.4, 0.5) is 10.8 Å². The van der Waals surface area contributed by atoms with Crippen molar-refractivity contribution in [2.24, 2.45) is 5.16 Å². The number of nitrogens with zero attached hydrogens (tertiary/aromatic N) is 4. The minimum Gasteiger partial charge on any atom is -0.543 e. The molecule has 2 aromatic rings. The lowest BCUT2D eigenvalue weighted by molar-refractivity contribution is -0.384. The van der Waals surface area contributed by atoms with E-state index in [0.717, 1.165) is 40.1 Å². The Morgan fingerprint density at radius 2 is 2.03 bits per heavy atom. The number of nitrogen functional groups attached to an aromatic ring is 1. The normalized spacial score (nSPS) is 18.8. The summed E-state index contributed by atoms with van der Waals surface area (Å²) in [6.45, 7) is -0.463. The van der Waals surface area contributed by atoms with Gasteiger partial charge >= 0.3 is 5.97 Å². The Balaban J connectivity index is 1.45. The molecule has 1 aromatic carbocycles. The van der Waals surface area contributed by atoms with Crippen LogP contribution in [0.25, 0.3) is 0 Å². The van der Waals surface area contributed by atoms with Gasteiger partial charge in [-0.3, -0.25) is 24.6 Å². The van der Waals surface area contributed by atoms with Crippen LogP contribution in [0.2, 0.25) is 0 Å². The number of aromatic nitrogens is 1. The maximum atomic E-state index is 12.9. The third-order valence-electron chi connectivity index (χ3n) is 5.38. The zero-order valence-corrected chi connectivity index (χ0v) is 20.9. The second-order valence-electron chi connectivity index (χ2n) is 7.67. The molecule has 2 atom stereocenters. The average Bonchev–Trinajstić information content (AvgIpc) is 3.33. The van der Waals surface area contributed by atoms with Gasteiger partial charge in [-0.25, -0.2) is 9.78 Å². The molecule has 0 saturated carbocycles. The lowest BCUT2D eigenvalue weighted by Gasteiger charge is -2.50. The summed E-state index contributed by atoms with van der Waals surface area (Å²) in [5.41, 5.74) is 4.98. The first-order valence-electron chi connectivity index (χ1n) is 10.5. The third kappa shape index (κ3) is 5.14. The number of carbonyl (C=O) groups excluding carboxylic acids is 4. The molecule has 38 heavy (non-hydrogen) atoms. The summed E-state index contributed by atoms with van der Waals surface area (Å²) in [6.07, 6.45) is 0. The molecule has 2 aliphatic rings. The van der Waals surface area contributed by atoms with Gasteiger partial charge < -0.3 is 30.5 Å². The van der Waals surface area contributed by atoms with Crippen molar-refractivity contribution in [2.75, 3.05) is 25.2 Å². The maximum absolute atomic E-state index is 12.9. The number of ether oxygens (including phenoxy) is 1. The smallest absolute Gasteiger partial charge is 0.338 e. The van der Waals surface area contributed by atoms with Gasteiger partial charge in [0.1, 0.15) is 30.8 Å². The van der Waals surface area contributed by atoms with Crippen LogP contribution in [-0.4, -0.2) is 75.2 Å². The van der Waals surface area contributed by atoms with Crippen molar-refractivity contribution in [1.29, 1.82) is 0 Å². The number of nitrogens with two attached hydrogens (primary N) is 1. The van der Waals surface area contributed by atoms with Crippen LogP contribution in [0, 0.1) is 10.1 Å². The number of amides is 2. The quantitative estimate of drug-likeness (QED) is 0.127. The van der Waals surface area contributed by atoms with Crippen LogP contribution < -0.4 is 16.2 Å². The molecule has 1 aromatic heterocycles. The van der Waals surface area contributed by atoms with Crippen molar-refractivity contribution >= 4 is 63.4 Å². The summed E-state index contributed by atoms with van der Waals surface area (Å²) >= 11 is 2.22. The number of anilines is 1. The molecule has 1 unspecified atom stereocenters. The Hall–Kier alpha value is -4.51. The third-order valence-corrected chi connectivity index (χ3v) is 7.39. The molecule has 17 heteroatoms. The number of fused-ring (bicyclic) bond motifs is 1. The van der Waals surface area contributed by atoms with Crippen LogP contribution in [0.15, 0.2) is 46.1 Å². The fraction of sp³-hybridized carbons (Fsp3) is 0.238. The summed E-state index contributed by atoms with van der Waals surface area (Å²) in [5, 5.41) is 29.7. The highest BCUT2D eigenvalue weighted by atomic mass is 32.2. The molecule has 0 radical (unpaired) electrons. The zero-order chi connectivity index (χ0) is 27.6. The number of thioether (sulfide) groups is 1. The first kappa shape index (κ1) is 26.6. The minimum atomic E-state index is -1.66. The number of esters is 1. The van der Waals surface area contributed by atoms with E-state index < -0.39 is 52.4 Å². The van der Waals surface area contributed by atoms with E-state index in [1.54, 1.807) is 0 Å². The number of nitro benzene ring substituents is 1. The largest absolute Gasteiger partial charge is 0.543 e. The highest BCUT2D eigenvalue weighted by Crippen LogP contribution is 2.40. The van der Waals surface area contributed by atoms with Crippen molar-refractivity contribution in [2.45, 2.75) is 11.4 Å². The van der Waals surface area contributed by atoms with Gasteiger partial charge in [-0.05, 0) is 12.1 Å². The van der Waals surface area contributed by atoms with Crippen LogP contribution in [-0.2, 0) is 24.0 Å². The monoisotopic (exact) mass is 561 g/mol. The summed E-state index contributed by atoms with van der Waals surface area (Å²) in [4.78, 5) is 69.7. The number of rotatable bonds is 9. The van der Waals surface area contributed by atoms with Crippen LogP contribution >= 0.6 is 23.1 Å². The van der Waals surface area contributed by atoms with Gasteiger partial charge in [-0.1, -0.05) is 5.16 Å². The number of β-lactam (4-membered cyclic amide) rings is 1. The van der Waals surface area contributed by atoms with Gasteiger partial charge in [0.05, 0.1) is 22.2 Å². The number of thiazole rings is 1. The van der Waals surface area contributed by atoms with Crippen molar-refractivity contribution in [3.63, 3.8) is 0 Å². The molecule has 2 aliphatic heterocycles. The first-order chi connectivity index (χ1) is 18.1. The number of carboxylic acids is 1. The Morgan fingerprint density at radius 3 is 2.61 bits per heavy atom. The highest BCUT2D eigenvalue weighted by molar-refractivity contribution is 8.00. The van der Waals surface area contributed by atoms with Crippen LogP contribution in [0.5, 0.6) is 0 Å². The number of hydrogen-bond acceptors (Lipinski definition) is 14. The number of carboxylic acid groups (broad SMARTS) is 1. The van der Waals surface area contributed by atoms with Gasteiger partial charge in [-0.2, -0.15) is 0 Å². The number of benzene rings is 1. The van der Waals surface area contributed by atoms with E-state index in [1.807, 2.05) is 0 Å². The number of nitrogens with one attached hydrogen (secondary N) is 1. The van der Waals surface area contributed by atoms with E-state index in [9.17, 15) is 34.4 Å². The second kappa shape index (κ2) is 10.9. The number of non-ortho nitro benzene ring substituents is 1. The molecule has 2 amide bonds. The molecule has 15 nitrogen and oxygen atoms in total. The Kier molecular flexibility index (Phi) is 7.58. The predicted molar refractivity (Wildman–Crippen MR) is 131 cm³/mol. The van der Waals surface area contributed by atoms with E-state index in [2.05, 4.69) is 15.5 Å². The van der Waals surface area contributed by atoms with Crippen molar-refractivity contribution in [3.8, 4) is 0 Å². The lowest BCUT2D eigenvalue weighted by Crippen LogP contribution is -2.71. The fourth-order valence-corrected chi connectivity index (χ4v) is 5.51. The Labute approximate surface area is 221 Å². The summed E-state index contributed by atoms with van der Waals surface area (Å²) in [5.74, 6) is -3.94. The SMILES string of the molecule is CON=C(C(=O)NC1C(=O)N2C(C(=O)[O-])=C(COC(=O)c3ccc([N+](=O)[O-])cc3)CS[C@H]12)c1csc(N)n1. The Morgan fingerprint density at radius 1 is 1.32 bits per heavy atom. The molecule has 0 aliphatic carbocycles. The van der Waals surface area contributed by atoms with Gasteiger partial charge in [-0.15, -0.1) is 23.1 Å². The van der Waals surface area contributed by atoms with Gasteiger partial charge in [0, 0.05) is 28.8 Å². The van der Waals surface area contributed by atoms with Gasteiger partial charge in [0.15, 0.2) is 10.8 Å². The van der Waals surface area contributed by atoms with Crippen molar-refractivity contribution < 1.29 is 38.8 Å². The summed E-state index contributed by atoms with van der Waals surface area (Å²) in [6, 6.07) is 3.58. The van der Waals surface area contributed by atoms with E-state index in [-0.39, 0.29) is 39.1 Å². The first-order valence-corrected chi connectivity index (χ1v) is 12.5. The maximum Gasteiger partial charge on any atom is 0.338 e. The topological polar surface area (TPSA) is 219 Å². The molecule has 4 rings (SSSR count). The van der Waals surface area contributed by atoms with E-state index in [4.69, 9.17) is 15.3 Å². The van der Waals surface area contributed by atoms with E-state index in [0.29, 0.717) is 0 Å². The van der Waals surface area contributed by atoms with Gasteiger partial charge in [0.25, 0.3) is 17.5 Å². The molecule has 0 bridgehead atoms. The molecule has 198 valence electrons. The van der Waals surface area contributed by atoms with Crippen LogP contribution in [0.3, 0.4) is 0 Å². The molecule has 1 fully saturated rings. The standard InChI is InChI=1S/C21H18N6O9S2/c1-35-25-13(12-8-38-21(22)23-12)16(28)24-14-17(29)26-15(19(30)31)10(7-37-18(14)26)6-36-20(32)9-2-4-11(5-3-9)27(33)34/h2-5,8,14,18H,6-7H2,1H3,(H2,22,23)(H,24,28)(H,30,31)/p-1/t14?,18-/m1/s1. The van der Waals surface area contributed by atoms with E-state index >= 15 is 0 Å². The van der Waals surface area contributed by atoms with E-state index in [1.165, 1.54) is 24.6 Å². The highest BCUT2D eigenvalue weighted by Gasteiger charge is 2.53. The molecule has 0 spiro atoms. The molecule has 3 N–H and O–H groups in total. The summed E-state index contributed by atoms with van der Waals surface area (Å²) < 4.78 is 5.17. The van der Waals surface area contributed by atoms with Crippen LogP contribution in [0.1, 0.15) is 16.1 Å². The minimum absolute atomic E-state index is 0.0192. The average molecular weight is 562 g/mol. The molecular formula is C21H17N6O9S2-. The number of hydrogen-bond donors (Lipinski definition) is 2. The second-order valence-corrected chi connectivity index (χ2v) is 9.67. The summed E-state index contributed by atoms with van der Waals surface area (Å²) in [7, 11) is 1.23. The van der Waals surface area contributed by atoms with Crippen molar-refractivity contribution in [1.82, 2.24) is 15.2 Å². The Bertz CT molecular complexity index is 1390. The number of aliphatic carboxylic acids is 1. The van der Waals surface area contributed by atoms with Gasteiger partial charge in [0.2, 0.25) is 0 Å². The zero-order valence-electron chi connectivity index (χ0n) is 19.3. The molecule has 3 heterocycles. The number of oxime groups is 1. The predicted octanol–water partition coefficient (Wildman–Crippen LogP) is -0.755. The lowest BCUT2D eigenvalue weighted by atomic mass is 10.0. The molecular weight excluding hydrogens is 544 g/mol. The number of nitro groups is 1. The van der Waals surface area contributed by atoms with Crippen molar-refractivity contribution in [3.05, 3.63) is 62.3 Å². The molecule has 1 saturated heterocycles.